The Labute approximate surface area is 234 Å². The van der Waals surface area contributed by atoms with Crippen molar-refractivity contribution in [1.29, 1.82) is 0 Å². The van der Waals surface area contributed by atoms with Crippen LogP contribution < -0.4 is 9.62 Å². The van der Waals surface area contributed by atoms with E-state index < -0.39 is 34.3 Å². The molecule has 0 aliphatic rings. The van der Waals surface area contributed by atoms with Gasteiger partial charge in [0.15, 0.2) is 0 Å². The van der Waals surface area contributed by atoms with Crippen LogP contribution in [-0.2, 0) is 26.2 Å². The van der Waals surface area contributed by atoms with Gasteiger partial charge in [-0.3, -0.25) is 13.9 Å². The van der Waals surface area contributed by atoms with Gasteiger partial charge < -0.3 is 10.2 Å². The molecule has 0 aliphatic carbocycles. The predicted molar refractivity (Wildman–Crippen MR) is 151 cm³/mol. The Balaban J connectivity index is 1.99. The van der Waals surface area contributed by atoms with Crippen LogP contribution in [0.5, 0.6) is 0 Å². The van der Waals surface area contributed by atoms with E-state index in [2.05, 4.69) is 5.32 Å². The van der Waals surface area contributed by atoms with Gasteiger partial charge in [-0.2, -0.15) is 0 Å². The van der Waals surface area contributed by atoms with E-state index in [1.807, 2.05) is 19.9 Å². The summed E-state index contributed by atoms with van der Waals surface area (Å²) < 4.78 is 42.1. The number of unbranched alkanes of at least 4 members (excludes halogenated alkanes) is 1. The molecule has 0 saturated carbocycles. The lowest BCUT2D eigenvalue weighted by Gasteiger charge is -2.32. The van der Waals surface area contributed by atoms with E-state index in [-0.39, 0.29) is 17.3 Å². The van der Waals surface area contributed by atoms with E-state index in [0.29, 0.717) is 22.8 Å². The van der Waals surface area contributed by atoms with Crippen LogP contribution in [-0.4, -0.2) is 44.3 Å². The molecule has 7 nitrogen and oxygen atoms in total. The van der Waals surface area contributed by atoms with Gasteiger partial charge in [0.05, 0.1) is 10.6 Å². The molecule has 0 bridgehead atoms. The van der Waals surface area contributed by atoms with Gasteiger partial charge in [-0.1, -0.05) is 49.2 Å². The molecule has 1 atom stereocenters. The number of aryl methyl sites for hydroxylation is 1. The van der Waals surface area contributed by atoms with Crippen molar-refractivity contribution in [3.05, 3.63) is 94.8 Å². The second-order valence-corrected chi connectivity index (χ2v) is 11.6. The Morgan fingerprint density at radius 3 is 2.31 bits per heavy atom. The molecule has 2 amide bonds. The minimum Gasteiger partial charge on any atom is -0.354 e. The highest BCUT2D eigenvalue weighted by Crippen LogP contribution is 2.26. The zero-order chi connectivity index (χ0) is 28.6. The van der Waals surface area contributed by atoms with Gasteiger partial charge in [0.1, 0.15) is 18.4 Å². The summed E-state index contributed by atoms with van der Waals surface area (Å²) in [6, 6.07) is 17.2. The number of hydrogen-bond donors (Lipinski definition) is 1. The van der Waals surface area contributed by atoms with E-state index in [9.17, 15) is 22.4 Å². The Hall–Kier alpha value is -3.43. The maximum atomic E-state index is 13.8. The lowest BCUT2D eigenvalue weighted by atomic mass is 10.1. The largest absolute Gasteiger partial charge is 0.354 e. The van der Waals surface area contributed by atoms with E-state index in [4.69, 9.17) is 11.6 Å². The molecule has 10 heteroatoms. The number of carbonyl (C=O) groups excluding carboxylic acids is 2. The van der Waals surface area contributed by atoms with E-state index in [1.165, 1.54) is 53.4 Å². The average molecular weight is 574 g/mol. The number of sulfonamides is 1. The number of halogens is 2. The minimum absolute atomic E-state index is 0.00979. The lowest BCUT2D eigenvalue weighted by molar-refractivity contribution is -0.139. The number of carbonyl (C=O) groups is 2. The van der Waals surface area contributed by atoms with E-state index in [0.717, 1.165) is 22.7 Å². The Bertz CT molecular complexity index is 1380. The molecule has 0 heterocycles. The van der Waals surface area contributed by atoms with Gasteiger partial charge in [0.2, 0.25) is 11.8 Å². The molecule has 208 valence electrons. The molecule has 3 aromatic rings. The molecule has 39 heavy (non-hydrogen) atoms. The van der Waals surface area contributed by atoms with Crippen LogP contribution in [0.2, 0.25) is 5.02 Å². The summed E-state index contributed by atoms with van der Waals surface area (Å²) in [6.45, 7) is 5.31. The zero-order valence-corrected chi connectivity index (χ0v) is 23.8. The summed E-state index contributed by atoms with van der Waals surface area (Å²) in [5.74, 6) is -1.38. The number of anilines is 1. The second kappa shape index (κ2) is 13.6. The molecular formula is C29H33ClFN3O4S. The average Bonchev–Trinajstić information content (AvgIpc) is 2.91. The smallest absolute Gasteiger partial charge is 0.264 e. The summed E-state index contributed by atoms with van der Waals surface area (Å²) in [5.41, 5.74) is 1.71. The topological polar surface area (TPSA) is 86.8 Å². The zero-order valence-electron chi connectivity index (χ0n) is 22.2. The SMILES string of the molecule is CCCCNC(=O)[C@H](C)N(Cc1ccc(F)cc1)C(=O)CN(c1cccc(C)c1)S(=O)(=O)c1ccc(Cl)cc1. The molecule has 0 fully saturated rings. The normalized spacial score (nSPS) is 12.0. The Kier molecular flexibility index (Phi) is 10.5. The van der Waals surface area contributed by atoms with Crippen molar-refractivity contribution in [2.75, 3.05) is 17.4 Å². The fraction of sp³-hybridized carbons (Fsp3) is 0.310. The molecule has 0 radical (unpaired) electrons. The minimum atomic E-state index is -4.18. The molecule has 0 saturated heterocycles. The van der Waals surface area contributed by atoms with Crippen LogP contribution in [0.1, 0.15) is 37.8 Å². The molecule has 0 aliphatic heterocycles. The first-order valence-electron chi connectivity index (χ1n) is 12.7. The first-order valence-corrected chi connectivity index (χ1v) is 14.5. The van der Waals surface area contributed by atoms with Crippen LogP contribution in [0.15, 0.2) is 77.7 Å². The Morgan fingerprint density at radius 1 is 1.03 bits per heavy atom. The fourth-order valence-corrected chi connectivity index (χ4v) is 5.48. The standard InChI is InChI=1S/C29H33ClFN3O4S/c1-4-5-17-32-29(36)22(3)33(19-23-9-13-25(31)14-10-23)28(35)20-34(26-8-6-7-21(2)18-26)39(37,38)27-15-11-24(30)12-16-27/h6-16,18,22H,4-5,17,19-20H2,1-3H3,(H,32,36)/t22-/m0/s1. The Morgan fingerprint density at radius 2 is 1.69 bits per heavy atom. The monoisotopic (exact) mass is 573 g/mol. The number of amides is 2. The third-order valence-corrected chi connectivity index (χ3v) is 8.27. The number of hydrogen-bond acceptors (Lipinski definition) is 4. The van der Waals surface area contributed by atoms with Gasteiger partial charge >= 0.3 is 0 Å². The summed E-state index contributed by atoms with van der Waals surface area (Å²) in [4.78, 5) is 28.1. The van der Waals surface area contributed by atoms with Crippen molar-refractivity contribution < 1.29 is 22.4 Å². The van der Waals surface area contributed by atoms with Crippen molar-refractivity contribution in [3.63, 3.8) is 0 Å². The summed E-state index contributed by atoms with van der Waals surface area (Å²) >= 11 is 5.97. The van der Waals surface area contributed by atoms with E-state index >= 15 is 0 Å². The summed E-state index contributed by atoms with van der Waals surface area (Å²) in [5, 5.41) is 3.21. The lowest BCUT2D eigenvalue weighted by Crippen LogP contribution is -2.51. The van der Waals surface area contributed by atoms with Gasteiger partial charge in [-0.15, -0.1) is 0 Å². The van der Waals surface area contributed by atoms with Crippen LogP contribution in [0.3, 0.4) is 0 Å². The van der Waals surface area contributed by atoms with E-state index in [1.54, 1.807) is 25.1 Å². The van der Waals surface area contributed by atoms with Crippen molar-refractivity contribution in [1.82, 2.24) is 10.2 Å². The van der Waals surface area contributed by atoms with Gasteiger partial charge in [0, 0.05) is 18.1 Å². The van der Waals surface area contributed by atoms with Crippen molar-refractivity contribution in [3.8, 4) is 0 Å². The maximum Gasteiger partial charge on any atom is 0.264 e. The maximum absolute atomic E-state index is 13.8. The summed E-state index contributed by atoms with van der Waals surface area (Å²) in [6.07, 6.45) is 1.67. The molecule has 0 spiro atoms. The number of rotatable bonds is 12. The number of nitrogens with one attached hydrogen (secondary N) is 1. The van der Waals surface area contributed by atoms with Gasteiger partial charge in [0.25, 0.3) is 10.0 Å². The third-order valence-electron chi connectivity index (χ3n) is 6.23. The molecule has 0 unspecified atom stereocenters. The van der Waals surface area contributed by atoms with Gasteiger partial charge in [-0.05, 0) is 79.9 Å². The first-order chi connectivity index (χ1) is 18.5. The van der Waals surface area contributed by atoms with Crippen LogP contribution in [0.25, 0.3) is 0 Å². The highest BCUT2D eigenvalue weighted by molar-refractivity contribution is 7.92. The van der Waals surface area contributed by atoms with Crippen LogP contribution >= 0.6 is 11.6 Å². The van der Waals surface area contributed by atoms with Crippen LogP contribution in [0, 0.1) is 12.7 Å². The first kappa shape index (κ1) is 30.1. The van der Waals surface area contributed by atoms with Crippen molar-refractivity contribution in [2.24, 2.45) is 0 Å². The highest BCUT2D eigenvalue weighted by Gasteiger charge is 2.32. The number of benzene rings is 3. The van der Waals surface area contributed by atoms with Crippen molar-refractivity contribution in [2.45, 2.75) is 51.1 Å². The van der Waals surface area contributed by atoms with Crippen molar-refractivity contribution >= 4 is 39.1 Å². The molecule has 3 aromatic carbocycles. The number of nitrogens with zero attached hydrogens (tertiary/aromatic N) is 2. The van der Waals surface area contributed by atoms with Crippen LogP contribution in [0.4, 0.5) is 10.1 Å². The molecule has 3 rings (SSSR count). The molecule has 0 aromatic heterocycles. The predicted octanol–water partition coefficient (Wildman–Crippen LogP) is 5.32. The molecule has 1 N–H and O–H groups in total. The highest BCUT2D eigenvalue weighted by atomic mass is 35.5. The van der Waals surface area contributed by atoms with Gasteiger partial charge in [-0.25, -0.2) is 12.8 Å². The summed E-state index contributed by atoms with van der Waals surface area (Å²) in [7, 11) is -4.18. The fourth-order valence-electron chi connectivity index (χ4n) is 3.95. The quantitative estimate of drug-likeness (QED) is 0.297. The third kappa shape index (κ3) is 8.03. The molecular weight excluding hydrogens is 541 g/mol. The second-order valence-electron chi connectivity index (χ2n) is 9.27.